The summed E-state index contributed by atoms with van der Waals surface area (Å²) in [5.74, 6) is -0.468. The second kappa shape index (κ2) is 6.26. The summed E-state index contributed by atoms with van der Waals surface area (Å²) in [6, 6.07) is 4.39. The summed E-state index contributed by atoms with van der Waals surface area (Å²) in [6.07, 6.45) is -2.73. The van der Waals surface area contributed by atoms with Crippen molar-refractivity contribution in [1.82, 2.24) is 14.8 Å². The first-order valence-corrected chi connectivity index (χ1v) is 7.23. The number of halogens is 3. The van der Waals surface area contributed by atoms with Crippen molar-refractivity contribution in [2.24, 2.45) is 0 Å². The Balaban J connectivity index is 2.11. The van der Waals surface area contributed by atoms with Crippen LogP contribution in [0, 0.1) is 0 Å². The van der Waals surface area contributed by atoms with E-state index in [0.717, 1.165) is 12.1 Å². The Labute approximate surface area is 127 Å². The highest BCUT2D eigenvalue weighted by Gasteiger charge is 2.30. The van der Waals surface area contributed by atoms with Crippen molar-refractivity contribution in [2.75, 3.05) is 17.3 Å². The van der Waals surface area contributed by atoms with Gasteiger partial charge in [0.05, 0.1) is 5.56 Å². The fourth-order valence-electron chi connectivity index (χ4n) is 1.72. The van der Waals surface area contributed by atoms with Crippen LogP contribution in [0.3, 0.4) is 0 Å². The van der Waals surface area contributed by atoms with Crippen molar-refractivity contribution in [2.45, 2.75) is 17.9 Å². The summed E-state index contributed by atoms with van der Waals surface area (Å²) in [6.45, 7) is -0.189. The zero-order valence-electron chi connectivity index (χ0n) is 11.4. The number of amides is 1. The van der Waals surface area contributed by atoms with E-state index in [2.05, 4.69) is 15.5 Å². The van der Waals surface area contributed by atoms with E-state index in [1.54, 1.807) is 6.26 Å². The normalized spacial score (nSPS) is 11.5. The average Bonchev–Trinajstić information content (AvgIpc) is 2.79. The van der Waals surface area contributed by atoms with Crippen LogP contribution < -0.4 is 11.1 Å². The molecule has 1 heterocycles. The molecule has 0 fully saturated rings. The van der Waals surface area contributed by atoms with Crippen molar-refractivity contribution in [3.8, 4) is 0 Å². The van der Waals surface area contributed by atoms with E-state index in [-0.39, 0.29) is 18.2 Å². The summed E-state index contributed by atoms with van der Waals surface area (Å²) in [7, 11) is 0. The second-order valence-electron chi connectivity index (χ2n) is 4.26. The summed E-state index contributed by atoms with van der Waals surface area (Å²) in [5.41, 5.74) is 4.81. The third-order valence-electron chi connectivity index (χ3n) is 2.70. The molecule has 0 aliphatic carbocycles. The van der Waals surface area contributed by atoms with Crippen molar-refractivity contribution in [3.05, 3.63) is 29.8 Å². The van der Waals surface area contributed by atoms with Gasteiger partial charge in [-0.3, -0.25) is 9.36 Å². The fraction of sp³-hybridized carbons (Fsp3) is 0.250. The molecule has 2 rings (SSSR count). The standard InChI is InChI=1S/C12H12F3N5OS/c1-22-11-19-18-10(16)20(11)6-9(21)17-8-4-2-3-7(5-8)12(13,14)15/h2-5H,6H2,1H3,(H2,16,18)(H,17,21). The maximum absolute atomic E-state index is 12.6. The molecule has 2 aromatic rings. The highest BCUT2D eigenvalue weighted by atomic mass is 32.2. The van der Waals surface area contributed by atoms with Gasteiger partial charge in [0.2, 0.25) is 11.9 Å². The minimum absolute atomic E-state index is 0.0529. The predicted octanol–water partition coefficient (Wildman–Crippen LogP) is 2.24. The molecule has 0 spiro atoms. The molecule has 1 amide bonds. The molecule has 0 bridgehead atoms. The molecule has 0 saturated heterocycles. The number of nitrogens with two attached hydrogens (primary N) is 1. The Morgan fingerprint density at radius 3 is 2.77 bits per heavy atom. The van der Waals surface area contributed by atoms with Gasteiger partial charge in [-0.05, 0) is 24.5 Å². The largest absolute Gasteiger partial charge is 0.416 e. The third-order valence-corrected chi connectivity index (χ3v) is 3.37. The molecular formula is C12H12F3N5OS. The molecule has 0 aliphatic heterocycles. The number of alkyl halides is 3. The van der Waals surface area contributed by atoms with E-state index in [1.807, 2.05) is 0 Å². The maximum Gasteiger partial charge on any atom is 0.416 e. The minimum atomic E-state index is -4.47. The van der Waals surface area contributed by atoms with Gasteiger partial charge in [-0.1, -0.05) is 17.8 Å². The van der Waals surface area contributed by atoms with Gasteiger partial charge in [-0.15, -0.1) is 10.2 Å². The van der Waals surface area contributed by atoms with Crippen LogP contribution in [-0.2, 0) is 17.5 Å². The molecule has 118 valence electrons. The average molecular weight is 331 g/mol. The Bertz CT molecular complexity index is 686. The number of aromatic nitrogens is 3. The summed E-state index contributed by atoms with van der Waals surface area (Å²) >= 11 is 1.25. The summed E-state index contributed by atoms with van der Waals surface area (Å²) < 4.78 is 39.2. The van der Waals surface area contributed by atoms with Crippen LogP contribution >= 0.6 is 11.8 Å². The van der Waals surface area contributed by atoms with Crippen LogP contribution in [-0.4, -0.2) is 26.9 Å². The highest BCUT2D eigenvalue weighted by molar-refractivity contribution is 7.98. The monoisotopic (exact) mass is 331 g/mol. The second-order valence-corrected chi connectivity index (χ2v) is 5.03. The van der Waals surface area contributed by atoms with Crippen molar-refractivity contribution in [1.29, 1.82) is 0 Å². The molecule has 0 atom stereocenters. The number of thioether (sulfide) groups is 1. The fourth-order valence-corrected chi connectivity index (χ4v) is 2.22. The molecular weight excluding hydrogens is 319 g/mol. The molecule has 0 radical (unpaired) electrons. The summed E-state index contributed by atoms with van der Waals surface area (Å²) in [4.78, 5) is 11.9. The van der Waals surface area contributed by atoms with Crippen LogP contribution in [0.1, 0.15) is 5.56 Å². The lowest BCUT2D eigenvalue weighted by atomic mass is 10.2. The van der Waals surface area contributed by atoms with Crippen LogP contribution in [0.5, 0.6) is 0 Å². The van der Waals surface area contributed by atoms with Crippen LogP contribution in [0.4, 0.5) is 24.8 Å². The number of hydrogen-bond donors (Lipinski definition) is 2. The van der Waals surface area contributed by atoms with Gasteiger partial charge >= 0.3 is 6.18 Å². The lowest BCUT2D eigenvalue weighted by Crippen LogP contribution is -2.20. The third kappa shape index (κ3) is 3.70. The number of rotatable bonds is 4. The number of nitrogens with one attached hydrogen (secondary N) is 1. The number of hydrogen-bond acceptors (Lipinski definition) is 5. The molecule has 6 nitrogen and oxygen atoms in total. The minimum Gasteiger partial charge on any atom is -0.368 e. The molecule has 1 aromatic heterocycles. The van der Waals surface area contributed by atoms with Gasteiger partial charge in [-0.25, -0.2) is 0 Å². The lowest BCUT2D eigenvalue weighted by molar-refractivity contribution is -0.137. The Morgan fingerprint density at radius 1 is 1.41 bits per heavy atom. The van der Waals surface area contributed by atoms with Gasteiger partial charge < -0.3 is 11.1 Å². The number of nitrogens with zero attached hydrogens (tertiary/aromatic N) is 3. The first-order chi connectivity index (χ1) is 10.3. The Kier molecular flexibility index (Phi) is 4.59. The Morgan fingerprint density at radius 2 is 2.14 bits per heavy atom. The molecule has 22 heavy (non-hydrogen) atoms. The van der Waals surface area contributed by atoms with Crippen LogP contribution in [0.15, 0.2) is 29.4 Å². The maximum atomic E-state index is 12.6. The van der Waals surface area contributed by atoms with Gasteiger partial charge in [0.25, 0.3) is 0 Å². The molecule has 0 unspecified atom stereocenters. The van der Waals surface area contributed by atoms with E-state index in [4.69, 9.17) is 5.73 Å². The first-order valence-electron chi connectivity index (χ1n) is 6.01. The topological polar surface area (TPSA) is 85.8 Å². The lowest BCUT2D eigenvalue weighted by Gasteiger charge is -2.11. The number of benzene rings is 1. The number of carbonyl (C=O) groups excluding carboxylic acids is 1. The smallest absolute Gasteiger partial charge is 0.368 e. The zero-order valence-corrected chi connectivity index (χ0v) is 12.2. The van der Waals surface area contributed by atoms with E-state index in [1.165, 1.54) is 28.5 Å². The number of carbonyl (C=O) groups is 1. The highest BCUT2D eigenvalue weighted by Crippen LogP contribution is 2.30. The SMILES string of the molecule is CSc1nnc(N)n1CC(=O)Nc1cccc(C(F)(F)F)c1. The van der Waals surface area contributed by atoms with Gasteiger partial charge in [0, 0.05) is 5.69 Å². The quantitative estimate of drug-likeness (QED) is 0.839. The molecule has 1 aromatic carbocycles. The summed E-state index contributed by atoms with van der Waals surface area (Å²) in [5, 5.41) is 10.2. The number of nitrogen functional groups attached to an aromatic ring is 1. The van der Waals surface area contributed by atoms with Crippen molar-refractivity contribution in [3.63, 3.8) is 0 Å². The molecule has 0 aliphatic rings. The van der Waals surface area contributed by atoms with Gasteiger partial charge in [-0.2, -0.15) is 13.2 Å². The Hall–Kier alpha value is -2.23. The van der Waals surface area contributed by atoms with E-state index in [0.29, 0.717) is 5.16 Å². The zero-order chi connectivity index (χ0) is 16.3. The van der Waals surface area contributed by atoms with Crippen molar-refractivity contribution < 1.29 is 18.0 Å². The predicted molar refractivity (Wildman–Crippen MR) is 76.3 cm³/mol. The molecule has 10 heteroatoms. The van der Waals surface area contributed by atoms with Gasteiger partial charge in [0.1, 0.15) is 6.54 Å². The van der Waals surface area contributed by atoms with E-state index in [9.17, 15) is 18.0 Å². The van der Waals surface area contributed by atoms with Crippen LogP contribution in [0.2, 0.25) is 0 Å². The van der Waals surface area contributed by atoms with Gasteiger partial charge in [0.15, 0.2) is 5.16 Å². The van der Waals surface area contributed by atoms with Crippen molar-refractivity contribution >= 4 is 29.3 Å². The van der Waals surface area contributed by atoms with E-state index < -0.39 is 17.6 Å². The van der Waals surface area contributed by atoms with E-state index >= 15 is 0 Å². The molecule has 3 N–H and O–H groups in total. The first kappa shape index (κ1) is 16.1. The molecule has 0 saturated carbocycles. The van der Waals surface area contributed by atoms with Crippen LogP contribution in [0.25, 0.3) is 0 Å². The number of anilines is 2.